The molecule has 2 saturated heterocycles. The first-order valence-electron chi connectivity index (χ1n) is 11.7. The summed E-state index contributed by atoms with van der Waals surface area (Å²) in [5.74, 6) is -0.675. The van der Waals surface area contributed by atoms with Crippen molar-refractivity contribution in [3.63, 3.8) is 0 Å². The SMILES string of the molecule is O=C(NCCN1CCOCC1)[C@@H]1C[C@@H](O)[C@H](O)[C@@H]2NC(=S)N(c3ccc(-n4cccn4)cc3)[C@H]21. The van der Waals surface area contributed by atoms with Gasteiger partial charge in [0, 0.05) is 44.3 Å². The van der Waals surface area contributed by atoms with E-state index in [0.29, 0.717) is 24.9 Å². The lowest BCUT2D eigenvalue weighted by molar-refractivity contribution is -0.131. The second kappa shape index (κ2) is 9.96. The van der Waals surface area contributed by atoms with E-state index in [9.17, 15) is 15.0 Å². The highest BCUT2D eigenvalue weighted by atomic mass is 32.1. The van der Waals surface area contributed by atoms with Gasteiger partial charge in [-0.25, -0.2) is 4.68 Å². The topological polar surface area (TPSA) is 115 Å². The summed E-state index contributed by atoms with van der Waals surface area (Å²) in [7, 11) is 0. The second-order valence-corrected chi connectivity index (χ2v) is 9.33. The predicted octanol–water partition coefficient (Wildman–Crippen LogP) is -0.506. The fourth-order valence-corrected chi connectivity index (χ4v) is 5.48. The van der Waals surface area contributed by atoms with Crippen LogP contribution >= 0.6 is 12.2 Å². The Balaban J connectivity index is 1.33. The van der Waals surface area contributed by atoms with E-state index in [1.807, 2.05) is 41.4 Å². The Bertz CT molecular complexity index is 997. The molecule has 0 bridgehead atoms. The molecule has 1 amide bonds. The Morgan fingerprint density at radius 1 is 1.21 bits per heavy atom. The molecule has 5 atom stereocenters. The van der Waals surface area contributed by atoms with Crippen LogP contribution in [0.1, 0.15) is 6.42 Å². The number of morpholine rings is 1. The van der Waals surface area contributed by atoms with Gasteiger partial charge >= 0.3 is 0 Å². The molecule has 3 fully saturated rings. The van der Waals surface area contributed by atoms with Gasteiger partial charge in [0.05, 0.1) is 43.0 Å². The molecule has 34 heavy (non-hydrogen) atoms. The zero-order valence-corrected chi connectivity index (χ0v) is 19.6. The zero-order valence-electron chi connectivity index (χ0n) is 18.8. The number of hydrogen-bond donors (Lipinski definition) is 4. The van der Waals surface area contributed by atoms with Crippen LogP contribution in [0.25, 0.3) is 5.69 Å². The number of aromatic nitrogens is 2. The molecule has 1 aromatic heterocycles. The first-order valence-corrected chi connectivity index (χ1v) is 12.1. The molecule has 3 aliphatic rings. The van der Waals surface area contributed by atoms with Crippen molar-refractivity contribution in [1.82, 2.24) is 25.3 Å². The molecule has 5 rings (SSSR count). The second-order valence-electron chi connectivity index (χ2n) is 8.95. The summed E-state index contributed by atoms with van der Waals surface area (Å²) in [6, 6.07) is 8.63. The molecule has 0 unspecified atom stereocenters. The lowest BCUT2D eigenvalue weighted by Gasteiger charge is -2.41. The van der Waals surface area contributed by atoms with E-state index in [1.165, 1.54) is 0 Å². The number of amides is 1. The molecule has 0 radical (unpaired) electrons. The van der Waals surface area contributed by atoms with Gasteiger partial charge in [0.1, 0.15) is 6.10 Å². The van der Waals surface area contributed by atoms with Crippen molar-refractivity contribution in [2.45, 2.75) is 30.7 Å². The third kappa shape index (κ3) is 4.53. The molecular weight excluding hydrogens is 456 g/mol. The fourth-order valence-electron chi connectivity index (χ4n) is 5.12. The van der Waals surface area contributed by atoms with Crippen LogP contribution in [0.15, 0.2) is 42.7 Å². The average Bonchev–Trinajstić information content (AvgIpc) is 3.50. The quantitative estimate of drug-likeness (QED) is 0.401. The highest BCUT2D eigenvalue weighted by Crippen LogP contribution is 2.37. The van der Waals surface area contributed by atoms with Crippen molar-refractivity contribution in [2.24, 2.45) is 5.92 Å². The van der Waals surface area contributed by atoms with E-state index >= 15 is 0 Å². The van der Waals surface area contributed by atoms with Gasteiger partial charge < -0.3 is 30.5 Å². The minimum Gasteiger partial charge on any atom is -0.390 e. The van der Waals surface area contributed by atoms with E-state index in [4.69, 9.17) is 17.0 Å². The summed E-state index contributed by atoms with van der Waals surface area (Å²) < 4.78 is 7.14. The number of anilines is 1. The Morgan fingerprint density at radius 3 is 2.65 bits per heavy atom. The maximum absolute atomic E-state index is 13.3. The average molecular weight is 487 g/mol. The van der Waals surface area contributed by atoms with Gasteiger partial charge in [-0.15, -0.1) is 0 Å². The fraction of sp³-hybridized carbons (Fsp3) is 0.522. The number of fused-ring (bicyclic) bond motifs is 1. The van der Waals surface area contributed by atoms with Crippen LogP contribution in [0.2, 0.25) is 0 Å². The number of carbonyl (C=O) groups excluding carboxylic acids is 1. The van der Waals surface area contributed by atoms with Gasteiger partial charge in [0.15, 0.2) is 5.11 Å². The van der Waals surface area contributed by atoms with E-state index in [1.54, 1.807) is 10.9 Å². The summed E-state index contributed by atoms with van der Waals surface area (Å²) in [4.78, 5) is 17.4. The number of hydrogen-bond acceptors (Lipinski definition) is 7. The molecule has 2 aliphatic heterocycles. The zero-order chi connectivity index (χ0) is 23.7. The molecule has 4 N–H and O–H groups in total. The van der Waals surface area contributed by atoms with E-state index < -0.39 is 30.2 Å². The minimum atomic E-state index is -1.02. The summed E-state index contributed by atoms with van der Waals surface area (Å²) >= 11 is 5.61. The first kappa shape index (κ1) is 23.2. The predicted molar refractivity (Wildman–Crippen MR) is 130 cm³/mol. The van der Waals surface area contributed by atoms with Crippen molar-refractivity contribution >= 4 is 28.9 Å². The normalized spacial score (nSPS) is 29.5. The number of nitrogens with zero attached hydrogens (tertiary/aromatic N) is 4. The highest BCUT2D eigenvalue weighted by molar-refractivity contribution is 7.80. The van der Waals surface area contributed by atoms with Crippen LogP contribution in [0, 0.1) is 5.92 Å². The summed E-state index contributed by atoms with van der Waals surface area (Å²) in [5, 5.41) is 32.0. The molecule has 11 heteroatoms. The molecular formula is C23H30N6O4S. The largest absolute Gasteiger partial charge is 0.390 e. The molecule has 3 heterocycles. The maximum atomic E-state index is 13.3. The van der Waals surface area contributed by atoms with Crippen molar-refractivity contribution in [1.29, 1.82) is 0 Å². The van der Waals surface area contributed by atoms with Crippen LogP contribution in [0.3, 0.4) is 0 Å². The number of aliphatic hydroxyl groups is 2. The number of nitrogens with one attached hydrogen (secondary N) is 2. The first-order chi connectivity index (χ1) is 16.5. The third-order valence-corrected chi connectivity index (χ3v) is 7.22. The molecule has 1 aromatic carbocycles. The number of carbonyl (C=O) groups is 1. The van der Waals surface area contributed by atoms with Gasteiger partial charge in [0.25, 0.3) is 0 Å². The lowest BCUT2D eigenvalue weighted by atomic mass is 9.77. The molecule has 0 spiro atoms. The summed E-state index contributed by atoms with van der Waals surface area (Å²) in [5.41, 5.74) is 1.72. The van der Waals surface area contributed by atoms with E-state index in [-0.39, 0.29) is 12.3 Å². The number of ether oxygens (including phenoxy) is 1. The lowest BCUT2D eigenvalue weighted by Crippen LogP contribution is -2.61. The van der Waals surface area contributed by atoms with Gasteiger partial charge in [0.2, 0.25) is 5.91 Å². The van der Waals surface area contributed by atoms with Crippen LogP contribution in [-0.4, -0.2) is 99.6 Å². The number of benzene rings is 1. The standard InChI is InChI=1S/C23H30N6O4S/c30-18-14-17(22(32)24-7-9-27-10-12-33-13-11-27)20-19(21(18)31)26-23(34)29(20)16-4-2-15(3-5-16)28-8-1-6-25-28/h1-6,8,17-21,30-31H,7,9-14H2,(H,24,32)(H,26,34)/t17-,18-,19-,20+,21+/m1/s1. The molecule has 2 aromatic rings. The highest BCUT2D eigenvalue weighted by Gasteiger charge is 2.53. The van der Waals surface area contributed by atoms with Gasteiger partial charge in [-0.3, -0.25) is 9.69 Å². The van der Waals surface area contributed by atoms with Gasteiger partial charge in [-0.2, -0.15) is 5.10 Å². The van der Waals surface area contributed by atoms with Crippen molar-refractivity contribution in [2.75, 3.05) is 44.3 Å². The third-order valence-electron chi connectivity index (χ3n) is 6.91. The van der Waals surface area contributed by atoms with Crippen LogP contribution in [0.5, 0.6) is 0 Å². The van der Waals surface area contributed by atoms with Gasteiger partial charge in [-0.1, -0.05) is 0 Å². The smallest absolute Gasteiger partial charge is 0.225 e. The summed E-state index contributed by atoms with van der Waals surface area (Å²) in [6.45, 7) is 4.40. The minimum absolute atomic E-state index is 0.140. The van der Waals surface area contributed by atoms with Crippen molar-refractivity contribution in [3.8, 4) is 5.69 Å². The van der Waals surface area contributed by atoms with Crippen molar-refractivity contribution < 1.29 is 19.7 Å². The summed E-state index contributed by atoms with van der Waals surface area (Å²) in [6.07, 6.45) is 1.72. The Labute approximate surface area is 203 Å². The van der Waals surface area contributed by atoms with E-state index in [2.05, 4.69) is 20.6 Å². The molecule has 1 aliphatic carbocycles. The van der Waals surface area contributed by atoms with Gasteiger partial charge in [-0.05, 0) is 49.0 Å². The number of aliphatic hydroxyl groups excluding tert-OH is 2. The number of rotatable bonds is 6. The molecule has 1 saturated carbocycles. The molecule has 182 valence electrons. The maximum Gasteiger partial charge on any atom is 0.225 e. The van der Waals surface area contributed by atoms with Crippen LogP contribution < -0.4 is 15.5 Å². The van der Waals surface area contributed by atoms with E-state index in [0.717, 1.165) is 31.0 Å². The Kier molecular flexibility index (Phi) is 6.79. The Morgan fingerprint density at radius 2 is 1.94 bits per heavy atom. The molecule has 10 nitrogen and oxygen atoms in total. The monoisotopic (exact) mass is 486 g/mol. The van der Waals surface area contributed by atoms with Crippen LogP contribution in [0.4, 0.5) is 5.69 Å². The number of thiocarbonyl (C=S) groups is 1. The Hall–Kier alpha value is -2.57. The van der Waals surface area contributed by atoms with Crippen molar-refractivity contribution in [3.05, 3.63) is 42.7 Å². The van der Waals surface area contributed by atoms with Crippen LogP contribution in [-0.2, 0) is 9.53 Å².